The molecule has 25 heavy (non-hydrogen) atoms. The quantitative estimate of drug-likeness (QED) is 0.315. The first-order valence-electron chi connectivity index (χ1n) is 6.73. The van der Waals surface area contributed by atoms with Gasteiger partial charge in [0.05, 0.1) is 22.2 Å². The topological polar surface area (TPSA) is 131 Å². The van der Waals surface area contributed by atoms with Gasteiger partial charge in [-0.2, -0.15) is 0 Å². The van der Waals surface area contributed by atoms with Crippen molar-refractivity contribution in [2.45, 2.75) is 0 Å². The van der Waals surface area contributed by atoms with Crippen molar-refractivity contribution in [1.82, 2.24) is 0 Å². The number of carbonyl (C=O) groups is 1. The predicted octanol–water partition coefficient (Wildman–Crippen LogP) is 2.79. The van der Waals surface area contributed by atoms with E-state index in [0.717, 1.165) is 0 Å². The number of nitrogens with one attached hydrogen (secondary N) is 1. The molecule has 10 heteroatoms. The summed E-state index contributed by atoms with van der Waals surface area (Å²) in [4.78, 5) is 22.0. The van der Waals surface area contributed by atoms with Crippen LogP contribution in [0.4, 0.5) is 11.4 Å². The monoisotopic (exact) mass is 384 g/mol. The molecule has 0 spiro atoms. The Bertz CT molecular complexity index is 827. The Kier molecular flexibility index (Phi) is 7.31. The van der Waals surface area contributed by atoms with Gasteiger partial charge in [0.25, 0.3) is 5.69 Å². The first kappa shape index (κ1) is 20.4. The van der Waals surface area contributed by atoms with E-state index in [1.807, 2.05) is 0 Å². The normalized spacial score (nSPS) is 10.7. The number of hydrogen-bond donors (Lipinski definition) is 3. The number of nitro benzene ring substituents is 1. The van der Waals surface area contributed by atoms with Crippen molar-refractivity contribution in [2.75, 3.05) is 11.9 Å². The Labute approximate surface area is 153 Å². The molecule has 0 saturated heterocycles. The van der Waals surface area contributed by atoms with Crippen molar-refractivity contribution in [2.24, 2.45) is 10.9 Å². The van der Waals surface area contributed by atoms with Gasteiger partial charge in [-0.15, -0.1) is 12.4 Å². The zero-order chi connectivity index (χ0) is 17.7. The Hall–Kier alpha value is -2.68. The van der Waals surface area contributed by atoms with E-state index >= 15 is 0 Å². The molecule has 0 aliphatic rings. The number of halogens is 2. The first-order valence-corrected chi connectivity index (χ1v) is 7.11. The van der Waals surface area contributed by atoms with Gasteiger partial charge in [0, 0.05) is 23.3 Å². The summed E-state index contributed by atoms with van der Waals surface area (Å²) in [6, 6.07) is 10.3. The minimum absolute atomic E-state index is 0. The minimum atomic E-state index is -0.598. The fourth-order valence-corrected chi connectivity index (χ4v) is 2.28. The van der Waals surface area contributed by atoms with Crippen molar-refractivity contribution in [3.05, 3.63) is 68.7 Å². The minimum Gasteiger partial charge on any atom is -0.410 e. The summed E-state index contributed by atoms with van der Waals surface area (Å²) in [5.41, 5.74) is 5.73. The van der Waals surface area contributed by atoms with Crippen LogP contribution >= 0.6 is 24.0 Å². The molecule has 0 atom stereocenters. The molecule has 132 valence electrons. The van der Waals surface area contributed by atoms with Gasteiger partial charge in [0.1, 0.15) is 5.71 Å². The molecule has 0 heterocycles. The molecule has 8 nitrogen and oxygen atoms in total. The summed E-state index contributed by atoms with van der Waals surface area (Å²) in [5, 5.41) is 26.5. The molecule has 2 rings (SSSR count). The van der Waals surface area contributed by atoms with E-state index in [4.69, 9.17) is 17.3 Å². The van der Waals surface area contributed by atoms with E-state index in [1.165, 1.54) is 18.2 Å². The third-order valence-corrected chi connectivity index (χ3v) is 3.49. The molecule has 1 amide bonds. The number of hydrogen-bond acceptors (Lipinski definition) is 6. The molecule has 0 bridgehead atoms. The van der Waals surface area contributed by atoms with Crippen molar-refractivity contribution < 1.29 is 14.9 Å². The van der Waals surface area contributed by atoms with E-state index in [-0.39, 0.29) is 46.6 Å². The van der Waals surface area contributed by atoms with Crippen LogP contribution in [0.3, 0.4) is 0 Å². The second-order valence-electron chi connectivity index (χ2n) is 4.67. The molecule has 0 fully saturated rings. The molecule has 0 unspecified atom stereocenters. The number of carbonyl (C=O) groups excluding carboxylic acids is 1. The summed E-state index contributed by atoms with van der Waals surface area (Å²) in [5.74, 6) is -0.499. The Morgan fingerprint density at radius 1 is 1.28 bits per heavy atom. The lowest BCUT2D eigenvalue weighted by atomic mass is 10.00. The van der Waals surface area contributed by atoms with Crippen LogP contribution in [0, 0.1) is 10.1 Å². The van der Waals surface area contributed by atoms with Crippen molar-refractivity contribution >= 4 is 47.0 Å². The molecular formula is C15H14Cl2N4O4. The summed E-state index contributed by atoms with van der Waals surface area (Å²) >= 11 is 6.10. The average molecular weight is 385 g/mol. The number of nitrogens with zero attached hydrogens (tertiary/aromatic N) is 2. The van der Waals surface area contributed by atoms with Crippen LogP contribution in [-0.4, -0.2) is 28.3 Å². The number of nitrogens with two attached hydrogens (primary N) is 1. The Balaban J connectivity index is 0.00000312. The predicted molar refractivity (Wildman–Crippen MR) is 96.9 cm³/mol. The SMILES string of the molecule is Cl.NCC(=O)Nc1ccc([N+](=O)[O-])cc1C(=NO)c1ccccc1Cl. The fraction of sp³-hybridized carbons (Fsp3) is 0.0667. The molecule has 0 aromatic heterocycles. The van der Waals surface area contributed by atoms with Crippen LogP contribution in [0.15, 0.2) is 47.6 Å². The number of anilines is 1. The lowest BCUT2D eigenvalue weighted by Crippen LogP contribution is -2.23. The molecule has 2 aromatic rings. The summed E-state index contributed by atoms with van der Waals surface area (Å²) in [6.07, 6.45) is 0. The van der Waals surface area contributed by atoms with Crippen LogP contribution in [-0.2, 0) is 4.79 Å². The first-order chi connectivity index (χ1) is 11.5. The van der Waals surface area contributed by atoms with Crippen LogP contribution in [0.25, 0.3) is 0 Å². The number of nitro groups is 1. The number of oxime groups is 1. The van der Waals surface area contributed by atoms with Gasteiger partial charge in [0.15, 0.2) is 0 Å². The largest absolute Gasteiger partial charge is 0.410 e. The third-order valence-electron chi connectivity index (χ3n) is 3.16. The standard InChI is InChI=1S/C15H13ClN4O4.ClH/c16-12-4-2-1-3-10(12)15(19-22)11-7-9(20(23)24)5-6-13(11)18-14(21)8-17;/h1-7,22H,8,17H2,(H,18,21);1H. The highest BCUT2D eigenvalue weighted by molar-refractivity contribution is 6.35. The fourth-order valence-electron chi connectivity index (χ4n) is 2.06. The van der Waals surface area contributed by atoms with Gasteiger partial charge in [-0.1, -0.05) is 35.0 Å². The lowest BCUT2D eigenvalue weighted by Gasteiger charge is -2.13. The molecular weight excluding hydrogens is 371 g/mol. The van der Waals surface area contributed by atoms with E-state index in [9.17, 15) is 20.1 Å². The van der Waals surface area contributed by atoms with E-state index in [0.29, 0.717) is 5.56 Å². The average Bonchev–Trinajstić information content (AvgIpc) is 2.58. The maximum atomic E-state index is 11.6. The zero-order valence-corrected chi connectivity index (χ0v) is 14.3. The highest BCUT2D eigenvalue weighted by Crippen LogP contribution is 2.28. The number of rotatable bonds is 5. The van der Waals surface area contributed by atoms with Gasteiger partial charge in [-0.05, 0) is 12.1 Å². The number of amides is 1. The second-order valence-corrected chi connectivity index (χ2v) is 5.07. The van der Waals surface area contributed by atoms with Crippen LogP contribution in [0.5, 0.6) is 0 Å². The maximum Gasteiger partial charge on any atom is 0.270 e. The van der Waals surface area contributed by atoms with Crippen molar-refractivity contribution in [3.63, 3.8) is 0 Å². The smallest absolute Gasteiger partial charge is 0.270 e. The summed E-state index contributed by atoms with van der Waals surface area (Å²) < 4.78 is 0. The molecule has 4 N–H and O–H groups in total. The highest BCUT2D eigenvalue weighted by atomic mass is 35.5. The summed E-state index contributed by atoms with van der Waals surface area (Å²) in [6.45, 7) is -0.270. The Morgan fingerprint density at radius 2 is 1.96 bits per heavy atom. The van der Waals surface area contributed by atoms with E-state index in [2.05, 4.69) is 10.5 Å². The molecule has 2 aromatic carbocycles. The lowest BCUT2D eigenvalue weighted by molar-refractivity contribution is -0.384. The molecule has 0 aliphatic carbocycles. The van der Waals surface area contributed by atoms with Crippen LogP contribution in [0.2, 0.25) is 5.02 Å². The van der Waals surface area contributed by atoms with Gasteiger partial charge in [0.2, 0.25) is 5.91 Å². The molecule has 0 saturated carbocycles. The van der Waals surface area contributed by atoms with E-state index in [1.54, 1.807) is 24.3 Å². The maximum absolute atomic E-state index is 11.6. The number of non-ortho nitro benzene ring substituents is 1. The van der Waals surface area contributed by atoms with Crippen LogP contribution < -0.4 is 11.1 Å². The number of benzene rings is 2. The van der Waals surface area contributed by atoms with Crippen molar-refractivity contribution in [3.8, 4) is 0 Å². The van der Waals surface area contributed by atoms with Crippen molar-refractivity contribution in [1.29, 1.82) is 0 Å². The van der Waals surface area contributed by atoms with Gasteiger partial charge >= 0.3 is 0 Å². The summed E-state index contributed by atoms with van der Waals surface area (Å²) in [7, 11) is 0. The highest BCUT2D eigenvalue weighted by Gasteiger charge is 2.20. The third kappa shape index (κ3) is 4.66. The Morgan fingerprint density at radius 3 is 2.52 bits per heavy atom. The second kappa shape index (κ2) is 8.97. The molecule has 0 radical (unpaired) electrons. The molecule has 0 aliphatic heterocycles. The van der Waals surface area contributed by atoms with Gasteiger partial charge in [-0.3, -0.25) is 14.9 Å². The van der Waals surface area contributed by atoms with E-state index < -0.39 is 10.8 Å². The van der Waals surface area contributed by atoms with Crippen LogP contribution in [0.1, 0.15) is 11.1 Å². The van der Waals surface area contributed by atoms with Gasteiger partial charge < -0.3 is 16.3 Å². The van der Waals surface area contributed by atoms with Gasteiger partial charge in [-0.25, -0.2) is 0 Å². The zero-order valence-electron chi connectivity index (χ0n) is 12.7.